The number of aldehydes is 1. The molecule has 22 heavy (non-hydrogen) atoms. The van der Waals surface area contributed by atoms with E-state index in [9.17, 15) is 4.79 Å². The lowest BCUT2D eigenvalue weighted by molar-refractivity contribution is 0.111. The molecule has 0 atom stereocenters. The summed E-state index contributed by atoms with van der Waals surface area (Å²) in [6.45, 7) is 4.67. The SMILES string of the molecule is Cc1ccc(Cn2nnc(C=O)c2-c2cccc(C)c2)cc1. The summed E-state index contributed by atoms with van der Waals surface area (Å²) in [5.41, 5.74) is 5.57. The van der Waals surface area contributed by atoms with E-state index in [-0.39, 0.29) is 0 Å². The molecule has 0 fully saturated rings. The van der Waals surface area contributed by atoms with Gasteiger partial charge in [-0.15, -0.1) is 5.10 Å². The first-order valence-electron chi connectivity index (χ1n) is 7.18. The van der Waals surface area contributed by atoms with Crippen molar-refractivity contribution in [2.75, 3.05) is 0 Å². The van der Waals surface area contributed by atoms with E-state index < -0.39 is 0 Å². The Bertz CT molecular complexity index is 803. The largest absolute Gasteiger partial charge is 0.296 e. The molecule has 2 aromatic carbocycles. The van der Waals surface area contributed by atoms with Crippen LogP contribution >= 0.6 is 0 Å². The van der Waals surface area contributed by atoms with Gasteiger partial charge in [0.15, 0.2) is 12.0 Å². The van der Waals surface area contributed by atoms with Crippen molar-refractivity contribution >= 4 is 6.29 Å². The number of nitrogens with zero attached hydrogens (tertiary/aromatic N) is 3. The minimum Gasteiger partial charge on any atom is -0.296 e. The van der Waals surface area contributed by atoms with Crippen LogP contribution in [-0.2, 0) is 6.54 Å². The lowest BCUT2D eigenvalue weighted by Gasteiger charge is -2.08. The van der Waals surface area contributed by atoms with Gasteiger partial charge in [-0.2, -0.15) is 0 Å². The fourth-order valence-corrected chi connectivity index (χ4v) is 2.47. The van der Waals surface area contributed by atoms with Gasteiger partial charge in [0.1, 0.15) is 0 Å². The summed E-state index contributed by atoms with van der Waals surface area (Å²) in [6.07, 6.45) is 0.760. The van der Waals surface area contributed by atoms with E-state index in [1.807, 2.05) is 31.2 Å². The minimum atomic E-state index is 0.373. The van der Waals surface area contributed by atoms with Crippen molar-refractivity contribution in [1.29, 1.82) is 0 Å². The van der Waals surface area contributed by atoms with Gasteiger partial charge in [-0.25, -0.2) is 4.68 Å². The fraction of sp³-hybridized carbons (Fsp3) is 0.167. The number of hydrogen-bond acceptors (Lipinski definition) is 3. The molecule has 0 saturated heterocycles. The monoisotopic (exact) mass is 291 g/mol. The Hall–Kier alpha value is -2.75. The number of rotatable bonds is 4. The molecule has 0 aliphatic heterocycles. The first-order valence-corrected chi connectivity index (χ1v) is 7.18. The van der Waals surface area contributed by atoms with E-state index in [2.05, 4.69) is 41.5 Å². The Morgan fingerprint density at radius 2 is 1.82 bits per heavy atom. The van der Waals surface area contributed by atoms with Crippen LogP contribution in [-0.4, -0.2) is 21.3 Å². The lowest BCUT2D eigenvalue weighted by Crippen LogP contribution is -2.04. The van der Waals surface area contributed by atoms with Crippen molar-refractivity contribution in [2.24, 2.45) is 0 Å². The van der Waals surface area contributed by atoms with Crippen LogP contribution in [0.25, 0.3) is 11.3 Å². The van der Waals surface area contributed by atoms with Crippen molar-refractivity contribution in [3.63, 3.8) is 0 Å². The first kappa shape index (κ1) is 14.2. The molecule has 0 radical (unpaired) electrons. The Morgan fingerprint density at radius 1 is 1.05 bits per heavy atom. The molecule has 110 valence electrons. The van der Waals surface area contributed by atoms with Crippen LogP contribution in [0.1, 0.15) is 27.2 Å². The zero-order valence-corrected chi connectivity index (χ0v) is 12.7. The summed E-state index contributed by atoms with van der Waals surface area (Å²) in [6, 6.07) is 16.3. The second kappa shape index (κ2) is 5.93. The highest BCUT2D eigenvalue weighted by molar-refractivity contribution is 5.83. The Labute approximate surface area is 129 Å². The quantitative estimate of drug-likeness (QED) is 0.692. The molecule has 3 aromatic rings. The van der Waals surface area contributed by atoms with Gasteiger partial charge in [0.05, 0.1) is 12.2 Å². The van der Waals surface area contributed by atoms with E-state index in [4.69, 9.17) is 0 Å². The summed E-state index contributed by atoms with van der Waals surface area (Å²) >= 11 is 0. The van der Waals surface area contributed by atoms with E-state index >= 15 is 0 Å². The molecule has 0 amide bonds. The third-order valence-corrected chi connectivity index (χ3v) is 3.62. The number of benzene rings is 2. The number of carbonyl (C=O) groups excluding carboxylic acids is 1. The molecule has 1 heterocycles. The molecule has 0 unspecified atom stereocenters. The highest BCUT2D eigenvalue weighted by Gasteiger charge is 2.14. The second-order valence-corrected chi connectivity index (χ2v) is 5.45. The summed E-state index contributed by atoms with van der Waals surface area (Å²) in [5, 5.41) is 8.15. The van der Waals surface area contributed by atoms with E-state index in [0.717, 1.165) is 28.7 Å². The second-order valence-electron chi connectivity index (χ2n) is 5.45. The predicted octanol–water partition coefficient (Wildman–Crippen LogP) is 3.42. The smallest absolute Gasteiger partial charge is 0.172 e. The fourth-order valence-electron chi connectivity index (χ4n) is 2.47. The van der Waals surface area contributed by atoms with Gasteiger partial charge in [0.25, 0.3) is 0 Å². The number of hydrogen-bond donors (Lipinski definition) is 0. The third-order valence-electron chi connectivity index (χ3n) is 3.62. The van der Waals surface area contributed by atoms with Crippen LogP contribution in [0.15, 0.2) is 48.5 Å². The Balaban J connectivity index is 2.03. The number of aryl methyl sites for hydroxylation is 2. The Morgan fingerprint density at radius 3 is 2.50 bits per heavy atom. The van der Waals surface area contributed by atoms with Crippen molar-refractivity contribution in [3.05, 3.63) is 70.9 Å². The van der Waals surface area contributed by atoms with Crippen LogP contribution in [0.3, 0.4) is 0 Å². The maximum absolute atomic E-state index is 11.3. The number of carbonyl (C=O) groups is 1. The van der Waals surface area contributed by atoms with Crippen molar-refractivity contribution in [1.82, 2.24) is 15.0 Å². The first-order chi connectivity index (χ1) is 10.7. The van der Waals surface area contributed by atoms with Gasteiger partial charge < -0.3 is 0 Å². The molecular formula is C18H17N3O. The summed E-state index contributed by atoms with van der Waals surface area (Å²) in [5.74, 6) is 0. The molecule has 4 nitrogen and oxygen atoms in total. The van der Waals surface area contributed by atoms with Gasteiger partial charge in [0, 0.05) is 5.56 Å². The molecule has 0 aliphatic carbocycles. The van der Waals surface area contributed by atoms with Crippen molar-refractivity contribution in [2.45, 2.75) is 20.4 Å². The van der Waals surface area contributed by atoms with Crippen molar-refractivity contribution in [3.8, 4) is 11.3 Å². The van der Waals surface area contributed by atoms with Crippen LogP contribution in [0.4, 0.5) is 0 Å². The Kier molecular flexibility index (Phi) is 3.83. The molecule has 4 heteroatoms. The molecule has 0 spiro atoms. The third kappa shape index (κ3) is 2.81. The molecule has 0 bridgehead atoms. The maximum atomic E-state index is 11.3. The molecule has 0 N–H and O–H groups in total. The van der Waals surface area contributed by atoms with Crippen LogP contribution in [0.5, 0.6) is 0 Å². The van der Waals surface area contributed by atoms with Crippen LogP contribution < -0.4 is 0 Å². The van der Waals surface area contributed by atoms with Crippen LogP contribution in [0.2, 0.25) is 0 Å². The standard InChI is InChI=1S/C18H17N3O/c1-13-6-8-15(9-7-13)11-21-18(17(12-22)19-20-21)16-5-3-4-14(2)10-16/h3-10,12H,11H2,1-2H3. The summed E-state index contributed by atoms with van der Waals surface area (Å²) in [4.78, 5) is 11.3. The van der Waals surface area contributed by atoms with E-state index in [1.165, 1.54) is 5.56 Å². The van der Waals surface area contributed by atoms with Gasteiger partial charge in [-0.3, -0.25) is 4.79 Å². The van der Waals surface area contributed by atoms with Gasteiger partial charge >= 0.3 is 0 Å². The maximum Gasteiger partial charge on any atom is 0.172 e. The summed E-state index contributed by atoms with van der Waals surface area (Å²) < 4.78 is 1.78. The predicted molar refractivity (Wildman–Crippen MR) is 85.9 cm³/mol. The average Bonchev–Trinajstić information content (AvgIpc) is 2.92. The summed E-state index contributed by atoms with van der Waals surface area (Å²) in [7, 11) is 0. The molecular weight excluding hydrogens is 274 g/mol. The molecule has 0 aliphatic rings. The molecule has 0 saturated carbocycles. The van der Waals surface area contributed by atoms with Gasteiger partial charge in [-0.05, 0) is 25.5 Å². The topological polar surface area (TPSA) is 47.8 Å². The lowest BCUT2D eigenvalue weighted by atomic mass is 10.1. The zero-order chi connectivity index (χ0) is 15.5. The van der Waals surface area contributed by atoms with Crippen LogP contribution in [0, 0.1) is 13.8 Å². The molecule has 3 rings (SSSR count). The average molecular weight is 291 g/mol. The minimum absolute atomic E-state index is 0.373. The van der Waals surface area contributed by atoms with Gasteiger partial charge in [0.2, 0.25) is 0 Å². The van der Waals surface area contributed by atoms with Crippen molar-refractivity contribution < 1.29 is 4.79 Å². The highest BCUT2D eigenvalue weighted by atomic mass is 16.1. The van der Waals surface area contributed by atoms with Gasteiger partial charge in [-0.1, -0.05) is 58.8 Å². The number of aromatic nitrogens is 3. The molecule has 1 aromatic heterocycles. The van der Waals surface area contributed by atoms with E-state index in [1.54, 1.807) is 4.68 Å². The van der Waals surface area contributed by atoms with E-state index in [0.29, 0.717) is 12.2 Å². The highest BCUT2D eigenvalue weighted by Crippen LogP contribution is 2.23. The zero-order valence-electron chi connectivity index (χ0n) is 12.7. The normalized spacial score (nSPS) is 10.6.